The van der Waals surface area contributed by atoms with Gasteiger partial charge in [-0.15, -0.1) is 11.3 Å². The Balaban J connectivity index is 1.44. The van der Waals surface area contributed by atoms with Crippen LogP contribution >= 0.6 is 11.3 Å². The van der Waals surface area contributed by atoms with E-state index < -0.39 is 11.7 Å². The van der Waals surface area contributed by atoms with Gasteiger partial charge in [-0.25, -0.2) is 4.98 Å². The number of alkyl halides is 3. The maximum atomic E-state index is 13.0. The first-order chi connectivity index (χ1) is 15.6. The number of anilines is 1. The molecule has 1 atom stereocenters. The summed E-state index contributed by atoms with van der Waals surface area (Å²) < 4.78 is 44.1. The van der Waals surface area contributed by atoms with E-state index in [4.69, 9.17) is 4.74 Å². The van der Waals surface area contributed by atoms with Crippen LogP contribution in [-0.4, -0.2) is 23.8 Å². The molecule has 0 aliphatic heterocycles. The summed E-state index contributed by atoms with van der Waals surface area (Å²) in [6, 6.07) is 10.4. The van der Waals surface area contributed by atoms with Crippen molar-refractivity contribution in [1.82, 2.24) is 4.98 Å². The molecule has 0 fully saturated rings. The number of ketones is 1. The van der Waals surface area contributed by atoms with Crippen LogP contribution in [0.25, 0.3) is 0 Å². The minimum Gasteiger partial charge on any atom is -0.497 e. The van der Waals surface area contributed by atoms with Crippen LogP contribution in [0, 0.1) is 6.92 Å². The number of ether oxygens (including phenoxy) is 1. The lowest BCUT2D eigenvalue weighted by Gasteiger charge is -2.11. The molecule has 0 bridgehead atoms. The quantitative estimate of drug-likeness (QED) is 0.493. The molecule has 1 aromatic heterocycles. The molecule has 0 spiro atoms. The molecule has 2 aromatic carbocycles. The van der Waals surface area contributed by atoms with Gasteiger partial charge in [0.2, 0.25) is 5.91 Å². The van der Waals surface area contributed by atoms with Crippen LogP contribution in [0.2, 0.25) is 0 Å². The molecule has 1 heterocycles. The number of thiazole rings is 1. The number of Topliss-reactive ketones (excluding diaryl/α,β-unsaturated/α-hetero) is 1. The van der Waals surface area contributed by atoms with Crippen molar-refractivity contribution in [2.24, 2.45) is 0 Å². The predicted molar refractivity (Wildman–Crippen MR) is 119 cm³/mol. The Morgan fingerprint density at radius 3 is 2.76 bits per heavy atom. The Labute approximate surface area is 192 Å². The lowest BCUT2D eigenvalue weighted by Crippen LogP contribution is -2.14. The summed E-state index contributed by atoms with van der Waals surface area (Å²) >= 11 is 1.23. The molecule has 4 rings (SSSR count). The third-order valence-corrected chi connectivity index (χ3v) is 6.64. The van der Waals surface area contributed by atoms with E-state index in [-0.39, 0.29) is 36.9 Å². The number of aryl methyl sites for hydroxylation is 1. The third kappa shape index (κ3) is 5.08. The van der Waals surface area contributed by atoms with E-state index in [9.17, 15) is 22.8 Å². The first-order valence-electron chi connectivity index (χ1n) is 10.3. The minimum atomic E-state index is -4.40. The number of carbonyl (C=O) groups is 2. The van der Waals surface area contributed by atoms with Gasteiger partial charge < -0.3 is 10.1 Å². The van der Waals surface area contributed by atoms with E-state index in [0.717, 1.165) is 17.7 Å². The first kappa shape index (κ1) is 23.0. The van der Waals surface area contributed by atoms with Crippen molar-refractivity contribution in [1.29, 1.82) is 0 Å². The molecule has 1 N–H and O–H groups in total. The summed E-state index contributed by atoms with van der Waals surface area (Å²) in [5.41, 5.74) is 1.81. The van der Waals surface area contributed by atoms with E-state index in [2.05, 4.69) is 10.3 Å². The second-order valence-electron chi connectivity index (χ2n) is 7.93. The zero-order valence-electron chi connectivity index (χ0n) is 18.0. The number of benzene rings is 2. The molecule has 1 unspecified atom stereocenters. The average Bonchev–Trinajstić information content (AvgIpc) is 3.25. The molecule has 3 aromatic rings. The number of nitrogens with one attached hydrogen (secondary N) is 1. The van der Waals surface area contributed by atoms with Crippen LogP contribution < -0.4 is 10.1 Å². The van der Waals surface area contributed by atoms with Gasteiger partial charge in [0.15, 0.2) is 5.78 Å². The average molecular weight is 475 g/mol. The molecule has 0 radical (unpaired) electrons. The topological polar surface area (TPSA) is 68.3 Å². The highest BCUT2D eigenvalue weighted by Crippen LogP contribution is 2.38. The highest BCUT2D eigenvalue weighted by atomic mass is 32.1. The first-order valence-corrected chi connectivity index (χ1v) is 11.1. The number of halogens is 3. The summed E-state index contributed by atoms with van der Waals surface area (Å²) in [6.07, 6.45) is -3.78. The Morgan fingerprint density at radius 2 is 2.03 bits per heavy atom. The van der Waals surface area contributed by atoms with Crippen molar-refractivity contribution < 1.29 is 27.5 Å². The van der Waals surface area contributed by atoms with Gasteiger partial charge in [0.05, 0.1) is 23.4 Å². The Kier molecular flexibility index (Phi) is 6.25. The van der Waals surface area contributed by atoms with Crippen LogP contribution in [0.15, 0.2) is 42.5 Å². The number of carbonyl (C=O) groups excluding carboxylic acids is 2. The van der Waals surface area contributed by atoms with Crippen molar-refractivity contribution in [3.05, 3.63) is 75.4 Å². The van der Waals surface area contributed by atoms with Crippen LogP contribution in [0.5, 0.6) is 5.75 Å². The molecule has 1 aliphatic rings. The fourth-order valence-corrected chi connectivity index (χ4v) is 4.98. The van der Waals surface area contributed by atoms with Crippen LogP contribution in [0.3, 0.4) is 0 Å². The number of fused-ring (bicyclic) bond motifs is 1. The van der Waals surface area contributed by atoms with Gasteiger partial charge in [-0.1, -0.05) is 18.2 Å². The number of aromatic nitrogens is 1. The molecule has 33 heavy (non-hydrogen) atoms. The summed E-state index contributed by atoms with van der Waals surface area (Å²) in [7, 11) is 1.55. The molecule has 0 saturated carbocycles. The Morgan fingerprint density at radius 1 is 1.24 bits per heavy atom. The van der Waals surface area contributed by atoms with Crippen LogP contribution in [0.4, 0.5) is 18.2 Å². The smallest absolute Gasteiger partial charge is 0.416 e. The molecule has 0 saturated heterocycles. The highest BCUT2D eigenvalue weighted by molar-refractivity contribution is 7.16. The zero-order valence-corrected chi connectivity index (χ0v) is 18.8. The molecule has 172 valence electrons. The van der Waals surface area contributed by atoms with Gasteiger partial charge in [0.1, 0.15) is 10.8 Å². The van der Waals surface area contributed by atoms with Crippen molar-refractivity contribution in [3.63, 3.8) is 0 Å². The summed E-state index contributed by atoms with van der Waals surface area (Å²) in [6.45, 7) is 1.74. The zero-order chi connectivity index (χ0) is 23.8. The van der Waals surface area contributed by atoms with E-state index in [1.807, 2.05) is 0 Å². The second-order valence-corrected chi connectivity index (χ2v) is 9.01. The molecule has 9 heteroatoms. The standard InChI is InChI=1S/C24H21F3N2O3S/c1-13-23(33-22(28-13)9-14-4-3-5-16(8-14)24(25,26)27)29-21(31)11-15-10-20(30)18-7-6-17(32-2)12-19(15)18/h3-8,12,15H,9-11H2,1-2H3,(H,29,31). The third-order valence-electron chi connectivity index (χ3n) is 5.57. The van der Waals surface area contributed by atoms with Crippen LogP contribution in [0.1, 0.15) is 56.5 Å². The minimum absolute atomic E-state index is 0.00259. The van der Waals surface area contributed by atoms with Gasteiger partial charge in [-0.2, -0.15) is 13.2 Å². The Hall–Kier alpha value is -3.20. The molecule has 1 aliphatic carbocycles. The van der Waals surface area contributed by atoms with E-state index >= 15 is 0 Å². The number of rotatable bonds is 6. The summed E-state index contributed by atoms with van der Waals surface area (Å²) in [4.78, 5) is 29.4. The summed E-state index contributed by atoms with van der Waals surface area (Å²) in [5.74, 6) is 0.149. The van der Waals surface area contributed by atoms with Crippen molar-refractivity contribution in [2.75, 3.05) is 12.4 Å². The number of methoxy groups -OCH3 is 1. The van der Waals surface area contributed by atoms with Gasteiger partial charge >= 0.3 is 6.18 Å². The van der Waals surface area contributed by atoms with E-state index in [1.54, 1.807) is 38.3 Å². The van der Waals surface area contributed by atoms with Crippen molar-refractivity contribution in [3.8, 4) is 5.75 Å². The fraction of sp³-hybridized carbons (Fsp3) is 0.292. The van der Waals surface area contributed by atoms with Crippen molar-refractivity contribution >= 4 is 28.0 Å². The highest BCUT2D eigenvalue weighted by Gasteiger charge is 2.32. The number of amides is 1. The van der Waals surface area contributed by atoms with E-state index in [1.165, 1.54) is 17.4 Å². The lowest BCUT2D eigenvalue weighted by molar-refractivity contribution is -0.137. The van der Waals surface area contributed by atoms with Gasteiger partial charge in [-0.05, 0) is 42.3 Å². The van der Waals surface area contributed by atoms with Gasteiger partial charge in [0, 0.05) is 30.7 Å². The predicted octanol–water partition coefficient (Wildman–Crippen LogP) is 5.77. The second kappa shape index (κ2) is 8.97. The number of nitrogens with zero attached hydrogens (tertiary/aromatic N) is 1. The van der Waals surface area contributed by atoms with Gasteiger partial charge in [0.25, 0.3) is 0 Å². The molecule has 5 nitrogen and oxygen atoms in total. The molecular weight excluding hydrogens is 453 g/mol. The normalized spacial score (nSPS) is 15.4. The molecule has 1 amide bonds. The Bertz CT molecular complexity index is 1220. The lowest BCUT2D eigenvalue weighted by atomic mass is 9.97. The maximum absolute atomic E-state index is 13.0. The monoisotopic (exact) mass is 474 g/mol. The summed E-state index contributed by atoms with van der Waals surface area (Å²) in [5, 5.41) is 4.01. The number of hydrogen-bond acceptors (Lipinski definition) is 5. The maximum Gasteiger partial charge on any atom is 0.416 e. The van der Waals surface area contributed by atoms with Gasteiger partial charge in [-0.3, -0.25) is 9.59 Å². The van der Waals surface area contributed by atoms with Crippen LogP contribution in [-0.2, 0) is 17.4 Å². The van der Waals surface area contributed by atoms with E-state index in [0.29, 0.717) is 32.6 Å². The fourth-order valence-electron chi connectivity index (χ4n) is 3.96. The SMILES string of the molecule is COc1ccc2c(c1)C(CC(=O)Nc1sc(Cc3cccc(C(F)(F)F)c3)nc1C)CC2=O. The van der Waals surface area contributed by atoms with Crippen molar-refractivity contribution in [2.45, 2.75) is 38.3 Å². The largest absolute Gasteiger partial charge is 0.497 e. The number of hydrogen-bond donors (Lipinski definition) is 1. The molecular formula is C24H21F3N2O3S.